The van der Waals surface area contributed by atoms with Crippen LogP contribution in [0, 0.1) is 0 Å². The van der Waals surface area contributed by atoms with Crippen molar-refractivity contribution in [2.45, 2.75) is 38.3 Å². The number of aromatic nitrogens is 1. The average Bonchev–Trinajstić information content (AvgIpc) is 2.59. The molecule has 2 rings (SSSR count). The molecule has 1 heterocycles. The van der Waals surface area contributed by atoms with E-state index in [2.05, 4.69) is 17.2 Å². The lowest BCUT2D eigenvalue weighted by molar-refractivity contribution is 0.118. The van der Waals surface area contributed by atoms with Crippen LogP contribution in [0.2, 0.25) is 0 Å². The largest absolute Gasteiger partial charge is 0.386 e. The number of nitrogens with two attached hydrogens (primary N) is 1. The Hall–Kier alpha value is -0.650. The molecular weight excluding hydrogens is 210 g/mol. The summed E-state index contributed by atoms with van der Waals surface area (Å²) in [5.41, 5.74) is 6.63. The van der Waals surface area contributed by atoms with Crippen LogP contribution in [-0.2, 0) is 6.42 Å². The topological polar surface area (TPSA) is 71.2 Å². The molecule has 1 aliphatic rings. The molecule has 0 spiro atoms. The second kappa shape index (κ2) is 4.47. The molecule has 0 unspecified atom stereocenters. The highest BCUT2D eigenvalue weighted by Gasteiger charge is 2.30. The van der Waals surface area contributed by atoms with E-state index in [4.69, 9.17) is 5.73 Å². The van der Waals surface area contributed by atoms with Gasteiger partial charge in [-0.1, -0.05) is 18.3 Å². The maximum atomic E-state index is 10.1. The number of rotatable bonds is 3. The predicted molar refractivity (Wildman–Crippen MR) is 61.9 cm³/mol. The van der Waals surface area contributed by atoms with Crippen LogP contribution in [0.4, 0.5) is 5.13 Å². The van der Waals surface area contributed by atoms with Gasteiger partial charge in [-0.25, -0.2) is 4.98 Å². The van der Waals surface area contributed by atoms with Gasteiger partial charge in [0.2, 0.25) is 0 Å². The van der Waals surface area contributed by atoms with Gasteiger partial charge in [-0.05, 0) is 25.8 Å². The zero-order chi connectivity index (χ0) is 10.8. The summed E-state index contributed by atoms with van der Waals surface area (Å²) in [4.78, 5) is 5.18. The van der Waals surface area contributed by atoms with Crippen molar-refractivity contribution in [3.05, 3.63) is 10.6 Å². The first kappa shape index (κ1) is 10.9. The van der Waals surface area contributed by atoms with E-state index in [0.717, 1.165) is 36.4 Å². The number of nitrogens with one attached hydrogen (secondary N) is 1. The Bertz CT molecular complexity index is 339. The van der Waals surface area contributed by atoms with Gasteiger partial charge >= 0.3 is 0 Å². The maximum Gasteiger partial charge on any atom is 0.180 e. The van der Waals surface area contributed by atoms with Gasteiger partial charge in [-0.15, -0.1) is 0 Å². The van der Waals surface area contributed by atoms with E-state index in [0.29, 0.717) is 5.13 Å². The van der Waals surface area contributed by atoms with Crippen molar-refractivity contribution in [2.24, 2.45) is 0 Å². The summed E-state index contributed by atoms with van der Waals surface area (Å²) in [7, 11) is 0. The summed E-state index contributed by atoms with van der Waals surface area (Å²) in [5, 5.41) is 14.0. The van der Waals surface area contributed by atoms with E-state index in [-0.39, 0.29) is 6.04 Å². The number of nitrogens with zero attached hydrogens (tertiary/aromatic N) is 1. The van der Waals surface area contributed by atoms with E-state index in [9.17, 15) is 5.11 Å². The molecule has 15 heavy (non-hydrogen) atoms. The Morgan fingerprint density at radius 2 is 2.47 bits per heavy atom. The fraction of sp³-hybridized carbons (Fsp3) is 0.700. The van der Waals surface area contributed by atoms with Gasteiger partial charge in [-0.2, -0.15) is 0 Å². The summed E-state index contributed by atoms with van der Waals surface area (Å²) in [5.74, 6) is 0. The van der Waals surface area contributed by atoms with Crippen molar-refractivity contribution in [1.82, 2.24) is 10.3 Å². The van der Waals surface area contributed by atoms with E-state index in [1.165, 1.54) is 11.3 Å². The van der Waals surface area contributed by atoms with Crippen molar-refractivity contribution in [1.29, 1.82) is 0 Å². The number of thiazole rings is 1. The van der Waals surface area contributed by atoms with Gasteiger partial charge < -0.3 is 16.2 Å². The van der Waals surface area contributed by atoms with Gasteiger partial charge in [-0.3, -0.25) is 0 Å². The fourth-order valence-electron chi connectivity index (χ4n) is 1.97. The Morgan fingerprint density at radius 1 is 1.67 bits per heavy atom. The molecule has 0 aromatic carbocycles. The molecule has 1 aliphatic carbocycles. The Morgan fingerprint density at radius 3 is 3.20 bits per heavy atom. The van der Waals surface area contributed by atoms with Crippen LogP contribution in [0.1, 0.15) is 36.4 Å². The number of aliphatic hydroxyl groups is 1. The molecule has 4 N–H and O–H groups in total. The number of hydrogen-bond donors (Lipinski definition) is 3. The van der Waals surface area contributed by atoms with E-state index in [1.807, 2.05) is 0 Å². The maximum absolute atomic E-state index is 10.1. The number of anilines is 1. The highest BCUT2D eigenvalue weighted by molar-refractivity contribution is 7.15. The van der Waals surface area contributed by atoms with Crippen LogP contribution in [0.25, 0.3) is 0 Å². The van der Waals surface area contributed by atoms with Crippen molar-refractivity contribution >= 4 is 16.5 Å². The third kappa shape index (κ3) is 2.14. The molecule has 84 valence electrons. The first-order valence-electron chi connectivity index (χ1n) is 5.39. The molecule has 5 heteroatoms. The third-order valence-corrected chi connectivity index (χ3v) is 3.74. The van der Waals surface area contributed by atoms with E-state index in [1.54, 1.807) is 0 Å². The molecule has 0 aliphatic heterocycles. The Balaban J connectivity index is 2.11. The van der Waals surface area contributed by atoms with Gasteiger partial charge in [0.25, 0.3) is 0 Å². The van der Waals surface area contributed by atoms with Gasteiger partial charge in [0.1, 0.15) is 6.10 Å². The number of nitrogen functional groups attached to an aromatic ring is 1. The molecule has 0 fully saturated rings. The quantitative estimate of drug-likeness (QED) is 0.722. The normalized spacial score (nSPS) is 25.2. The molecule has 1 aromatic rings. The van der Waals surface area contributed by atoms with Crippen molar-refractivity contribution in [3.63, 3.8) is 0 Å². The van der Waals surface area contributed by atoms with Crippen molar-refractivity contribution in [2.75, 3.05) is 12.3 Å². The number of aryl methyl sites for hydroxylation is 1. The molecule has 4 nitrogen and oxygen atoms in total. The number of aliphatic hydroxyl groups excluding tert-OH is 1. The van der Waals surface area contributed by atoms with Crippen LogP contribution < -0.4 is 11.1 Å². The smallest absolute Gasteiger partial charge is 0.180 e. The second-order valence-electron chi connectivity index (χ2n) is 3.91. The van der Waals surface area contributed by atoms with E-state index >= 15 is 0 Å². The zero-order valence-electron chi connectivity index (χ0n) is 8.86. The number of hydrogen-bond acceptors (Lipinski definition) is 5. The fourth-order valence-corrected chi connectivity index (χ4v) is 2.90. The first-order valence-corrected chi connectivity index (χ1v) is 6.20. The average molecular weight is 227 g/mol. The van der Waals surface area contributed by atoms with Crippen LogP contribution in [0.3, 0.4) is 0 Å². The zero-order valence-corrected chi connectivity index (χ0v) is 9.68. The minimum atomic E-state index is -0.435. The lowest BCUT2D eigenvalue weighted by atomic mass is 9.95. The minimum Gasteiger partial charge on any atom is -0.386 e. The molecule has 0 radical (unpaired) electrons. The molecule has 0 bridgehead atoms. The Kier molecular flexibility index (Phi) is 3.23. The molecule has 0 saturated heterocycles. The second-order valence-corrected chi connectivity index (χ2v) is 4.97. The molecule has 0 amide bonds. The minimum absolute atomic E-state index is 0.164. The summed E-state index contributed by atoms with van der Waals surface area (Å²) >= 11 is 1.41. The highest BCUT2D eigenvalue weighted by atomic mass is 32.1. The predicted octanol–water partition coefficient (Wildman–Crippen LogP) is 1.07. The molecule has 1 aromatic heterocycles. The lowest BCUT2D eigenvalue weighted by Gasteiger charge is -2.27. The third-order valence-electron chi connectivity index (χ3n) is 2.74. The van der Waals surface area contributed by atoms with Crippen molar-refractivity contribution in [3.8, 4) is 0 Å². The van der Waals surface area contributed by atoms with Crippen LogP contribution in [0.5, 0.6) is 0 Å². The first-order chi connectivity index (χ1) is 7.22. The van der Waals surface area contributed by atoms with Crippen LogP contribution >= 0.6 is 11.3 Å². The van der Waals surface area contributed by atoms with Crippen LogP contribution in [-0.4, -0.2) is 22.7 Å². The van der Waals surface area contributed by atoms with Gasteiger partial charge in [0.15, 0.2) is 5.13 Å². The monoisotopic (exact) mass is 227 g/mol. The molecule has 2 atom stereocenters. The van der Waals surface area contributed by atoms with Gasteiger partial charge in [0, 0.05) is 6.04 Å². The van der Waals surface area contributed by atoms with Crippen molar-refractivity contribution < 1.29 is 5.11 Å². The standard InChI is InChI=1S/C10H17N3OS/c1-2-5-12-6-3-4-7-9(8(6)14)15-10(11)13-7/h6,8,12,14H,2-5H2,1H3,(H2,11,13)/t6-,8+/m1/s1. The Labute approximate surface area is 93.5 Å². The summed E-state index contributed by atoms with van der Waals surface area (Å²) in [6, 6.07) is 0.164. The summed E-state index contributed by atoms with van der Waals surface area (Å²) in [6.07, 6.45) is 2.51. The van der Waals surface area contributed by atoms with Crippen LogP contribution in [0.15, 0.2) is 0 Å². The molecular formula is C10H17N3OS. The van der Waals surface area contributed by atoms with Gasteiger partial charge in [0.05, 0.1) is 10.6 Å². The summed E-state index contributed by atoms with van der Waals surface area (Å²) < 4.78 is 0. The van der Waals surface area contributed by atoms with E-state index < -0.39 is 6.10 Å². The SMILES string of the molecule is CCCN[C@@H]1CCc2nc(N)sc2[C@H]1O. The molecule has 0 saturated carbocycles. The summed E-state index contributed by atoms with van der Waals surface area (Å²) in [6.45, 7) is 3.07. The lowest BCUT2D eigenvalue weighted by Crippen LogP contribution is -2.38. The highest BCUT2D eigenvalue weighted by Crippen LogP contribution is 2.35. The number of fused-ring (bicyclic) bond motifs is 1.